The minimum Gasteiger partial charge on any atom is -0.382 e. The first-order valence-corrected chi connectivity index (χ1v) is 5.91. The van der Waals surface area contributed by atoms with Crippen molar-refractivity contribution in [3.63, 3.8) is 0 Å². The lowest BCUT2D eigenvalue weighted by atomic mass is 10.2. The number of ether oxygens (including phenoxy) is 1. The lowest BCUT2D eigenvalue weighted by Crippen LogP contribution is -2.34. The van der Waals surface area contributed by atoms with Gasteiger partial charge in [-0.2, -0.15) is 0 Å². The van der Waals surface area contributed by atoms with Crippen molar-refractivity contribution in [1.29, 1.82) is 0 Å². The SMILES string of the molecule is COCCONC(=O)C1CCCCS1. The van der Waals surface area contributed by atoms with Crippen LogP contribution in [0.2, 0.25) is 0 Å². The zero-order valence-corrected chi connectivity index (χ0v) is 9.27. The van der Waals surface area contributed by atoms with E-state index >= 15 is 0 Å². The van der Waals surface area contributed by atoms with Crippen LogP contribution in [0.3, 0.4) is 0 Å². The Balaban J connectivity index is 2.07. The summed E-state index contributed by atoms with van der Waals surface area (Å²) >= 11 is 1.71. The molecule has 1 unspecified atom stereocenters. The number of carbonyl (C=O) groups is 1. The number of carbonyl (C=O) groups excluding carboxylic acids is 1. The maximum Gasteiger partial charge on any atom is 0.256 e. The van der Waals surface area contributed by atoms with Crippen molar-refractivity contribution in [2.24, 2.45) is 0 Å². The Morgan fingerprint density at radius 1 is 1.50 bits per heavy atom. The predicted octanol–water partition coefficient (Wildman–Crippen LogP) is 0.966. The fourth-order valence-corrected chi connectivity index (χ4v) is 2.45. The van der Waals surface area contributed by atoms with Gasteiger partial charge in [0, 0.05) is 7.11 Å². The third-order valence-electron chi connectivity index (χ3n) is 2.03. The van der Waals surface area contributed by atoms with Crippen molar-refractivity contribution in [1.82, 2.24) is 5.48 Å². The van der Waals surface area contributed by atoms with Crippen LogP contribution in [0.1, 0.15) is 19.3 Å². The molecule has 1 amide bonds. The number of methoxy groups -OCH3 is 1. The molecule has 1 heterocycles. The number of hydroxylamine groups is 1. The molecule has 0 aliphatic carbocycles. The van der Waals surface area contributed by atoms with Crippen LogP contribution in [0.15, 0.2) is 0 Å². The molecule has 82 valence electrons. The molecule has 1 rings (SSSR count). The van der Waals surface area contributed by atoms with E-state index in [4.69, 9.17) is 9.57 Å². The second-order valence-electron chi connectivity index (χ2n) is 3.16. The second-order valence-corrected chi connectivity index (χ2v) is 4.47. The van der Waals surface area contributed by atoms with E-state index in [1.807, 2.05) is 0 Å². The molecule has 1 saturated heterocycles. The first-order chi connectivity index (χ1) is 6.84. The summed E-state index contributed by atoms with van der Waals surface area (Å²) in [6.07, 6.45) is 3.33. The Morgan fingerprint density at radius 2 is 2.36 bits per heavy atom. The van der Waals surface area contributed by atoms with Gasteiger partial charge in [-0.15, -0.1) is 11.8 Å². The summed E-state index contributed by atoms with van der Waals surface area (Å²) < 4.78 is 4.79. The first-order valence-electron chi connectivity index (χ1n) is 4.87. The van der Waals surface area contributed by atoms with Crippen LogP contribution >= 0.6 is 11.8 Å². The van der Waals surface area contributed by atoms with Crippen molar-refractivity contribution in [2.75, 3.05) is 26.1 Å². The predicted molar refractivity (Wildman–Crippen MR) is 56.1 cm³/mol. The molecule has 5 heteroatoms. The van der Waals surface area contributed by atoms with E-state index in [1.165, 1.54) is 6.42 Å². The van der Waals surface area contributed by atoms with E-state index < -0.39 is 0 Å². The van der Waals surface area contributed by atoms with Gasteiger partial charge in [0.25, 0.3) is 5.91 Å². The molecular formula is C9H17NO3S. The van der Waals surface area contributed by atoms with E-state index in [-0.39, 0.29) is 11.2 Å². The van der Waals surface area contributed by atoms with Gasteiger partial charge in [-0.25, -0.2) is 5.48 Å². The molecule has 0 bridgehead atoms. The molecule has 1 fully saturated rings. The highest BCUT2D eigenvalue weighted by Crippen LogP contribution is 2.24. The van der Waals surface area contributed by atoms with Gasteiger partial charge in [-0.05, 0) is 18.6 Å². The monoisotopic (exact) mass is 219 g/mol. The molecule has 0 aromatic rings. The van der Waals surface area contributed by atoms with E-state index in [0.717, 1.165) is 18.6 Å². The van der Waals surface area contributed by atoms with Gasteiger partial charge in [-0.3, -0.25) is 9.63 Å². The molecule has 14 heavy (non-hydrogen) atoms. The van der Waals surface area contributed by atoms with Crippen LogP contribution in [-0.2, 0) is 14.4 Å². The highest BCUT2D eigenvalue weighted by atomic mass is 32.2. The van der Waals surface area contributed by atoms with Crippen molar-refractivity contribution >= 4 is 17.7 Å². The summed E-state index contributed by atoms with van der Waals surface area (Å²) in [5.74, 6) is 1.07. The number of hydrogen-bond donors (Lipinski definition) is 1. The number of thioether (sulfide) groups is 1. The molecule has 0 spiro atoms. The Hall–Kier alpha value is -0.260. The average Bonchev–Trinajstić information content (AvgIpc) is 2.25. The summed E-state index contributed by atoms with van der Waals surface area (Å²) in [7, 11) is 1.60. The lowest BCUT2D eigenvalue weighted by Gasteiger charge is -2.19. The van der Waals surface area contributed by atoms with Gasteiger partial charge in [0.05, 0.1) is 18.5 Å². The molecule has 0 saturated carbocycles. The molecule has 1 atom stereocenters. The molecule has 1 aliphatic rings. The molecular weight excluding hydrogens is 202 g/mol. The Morgan fingerprint density at radius 3 is 3.00 bits per heavy atom. The van der Waals surface area contributed by atoms with Crippen LogP contribution in [0, 0.1) is 0 Å². The Bertz CT molecular complexity index is 171. The van der Waals surface area contributed by atoms with Crippen molar-refractivity contribution in [3.05, 3.63) is 0 Å². The third kappa shape index (κ3) is 4.30. The number of amides is 1. The zero-order chi connectivity index (χ0) is 10.2. The second kappa shape index (κ2) is 7.09. The highest BCUT2D eigenvalue weighted by Gasteiger charge is 2.21. The smallest absolute Gasteiger partial charge is 0.256 e. The number of rotatable bonds is 5. The summed E-state index contributed by atoms with van der Waals surface area (Å²) in [5.41, 5.74) is 2.45. The minimum atomic E-state index is -0.00852. The van der Waals surface area contributed by atoms with Crippen molar-refractivity contribution in [3.8, 4) is 0 Å². The van der Waals surface area contributed by atoms with Crippen molar-refractivity contribution in [2.45, 2.75) is 24.5 Å². The maximum atomic E-state index is 11.5. The molecule has 0 aromatic heterocycles. The summed E-state index contributed by atoms with van der Waals surface area (Å²) in [6.45, 7) is 0.901. The van der Waals surface area contributed by atoms with Gasteiger partial charge in [-0.1, -0.05) is 6.42 Å². The highest BCUT2D eigenvalue weighted by molar-refractivity contribution is 8.00. The fraction of sp³-hybridized carbons (Fsp3) is 0.889. The summed E-state index contributed by atoms with van der Waals surface area (Å²) in [4.78, 5) is 16.4. The summed E-state index contributed by atoms with van der Waals surface area (Å²) in [5, 5.41) is 0.0753. The largest absolute Gasteiger partial charge is 0.382 e. The molecule has 4 nitrogen and oxygen atoms in total. The first kappa shape index (κ1) is 11.8. The molecule has 1 aliphatic heterocycles. The van der Waals surface area contributed by atoms with E-state index in [0.29, 0.717) is 13.2 Å². The standard InChI is InChI=1S/C9H17NO3S/c1-12-5-6-13-10-9(11)8-4-2-3-7-14-8/h8H,2-7H2,1H3,(H,10,11). The molecule has 1 N–H and O–H groups in total. The molecule has 0 radical (unpaired) electrons. The Kier molecular flexibility index (Phi) is 5.98. The Labute approximate surface area is 88.7 Å². The lowest BCUT2D eigenvalue weighted by molar-refractivity contribution is -0.134. The van der Waals surface area contributed by atoms with Crippen LogP contribution in [0.5, 0.6) is 0 Å². The topological polar surface area (TPSA) is 47.6 Å². The van der Waals surface area contributed by atoms with Gasteiger partial charge in [0.15, 0.2) is 0 Å². The fourth-order valence-electron chi connectivity index (χ4n) is 1.26. The maximum absolute atomic E-state index is 11.5. The van der Waals surface area contributed by atoms with E-state index in [2.05, 4.69) is 5.48 Å². The quantitative estimate of drug-likeness (QED) is 0.553. The van der Waals surface area contributed by atoms with Gasteiger partial charge in [0.1, 0.15) is 0 Å². The average molecular weight is 219 g/mol. The van der Waals surface area contributed by atoms with Crippen LogP contribution < -0.4 is 5.48 Å². The molecule has 0 aromatic carbocycles. The van der Waals surface area contributed by atoms with Crippen molar-refractivity contribution < 1.29 is 14.4 Å². The van der Waals surface area contributed by atoms with Crippen LogP contribution in [0.4, 0.5) is 0 Å². The van der Waals surface area contributed by atoms with Gasteiger partial charge < -0.3 is 4.74 Å². The number of nitrogens with one attached hydrogen (secondary N) is 1. The van der Waals surface area contributed by atoms with Gasteiger partial charge in [0.2, 0.25) is 0 Å². The van der Waals surface area contributed by atoms with Crippen LogP contribution in [0.25, 0.3) is 0 Å². The van der Waals surface area contributed by atoms with Crippen LogP contribution in [-0.4, -0.2) is 37.2 Å². The third-order valence-corrected chi connectivity index (χ3v) is 3.41. The zero-order valence-electron chi connectivity index (χ0n) is 8.45. The normalized spacial score (nSPS) is 21.9. The summed E-state index contributed by atoms with van der Waals surface area (Å²) in [6, 6.07) is 0. The van der Waals surface area contributed by atoms with E-state index in [9.17, 15) is 4.79 Å². The van der Waals surface area contributed by atoms with E-state index in [1.54, 1.807) is 18.9 Å². The minimum absolute atomic E-state index is 0.00852. The number of hydrogen-bond acceptors (Lipinski definition) is 4. The van der Waals surface area contributed by atoms with Gasteiger partial charge >= 0.3 is 0 Å².